The molecule has 1 N–H and O–H groups in total. The molecule has 0 saturated carbocycles. The molecule has 1 heterocycles. The molecule has 3 rings (SSSR count). The first kappa shape index (κ1) is 19.4. The Hall–Kier alpha value is -3.41. The summed E-state index contributed by atoms with van der Waals surface area (Å²) in [4.78, 5) is 24.5. The minimum atomic E-state index is -0.324. The van der Waals surface area contributed by atoms with Crippen molar-refractivity contribution in [1.29, 1.82) is 0 Å². The van der Waals surface area contributed by atoms with E-state index < -0.39 is 0 Å². The van der Waals surface area contributed by atoms with E-state index >= 15 is 0 Å². The van der Waals surface area contributed by atoms with Gasteiger partial charge in [-0.3, -0.25) is 9.59 Å². The zero-order chi connectivity index (χ0) is 20.1. The zero-order valence-corrected chi connectivity index (χ0v) is 16.2. The lowest BCUT2D eigenvalue weighted by Crippen LogP contribution is -2.29. The Labute approximate surface area is 163 Å². The third-order valence-corrected chi connectivity index (χ3v) is 4.27. The summed E-state index contributed by atoms with van der Waals surface area (Å²) in [7, 11) is 0. The molecule has 144 valence electrons. The van der Waals surface area contributed by atoms with Crippen LogP contribution in [0.4, 0.5) is 5.69 Å². The maximum absolute atomic E-state index is 12.4. The van der Waals surface area contributed by atoms with E-state index in [1.54, 1.807) is 30.3 Å². The molecule has 1 amide bonds. The van der Waals surface area contributed by atoms with Gasteiger partial charge in [-0.2, -0.15) is 5.10 Å². The lowest BCUT2D eigenvalue weighted by atomic mass is 10.0. The van der Waals surface area contributed by atoms with E-state index in [-0.39, 0.29) is 18.0 Å². The second kappa shape index (κ2) is 8.52. The summed E-state index contributed by atoms with van der Waals surface area (Å²) in [6.07, 6.45) is 0. The monoisotopic (exact) mass is 377 g/mol. The van der Waals surface area contributed by atoms with E-state index in [0.29, 0.717) is 18.0 Å². The Morgan fingerprint density at radius 3 is 2.50 bits per heavy atom. The molecule has 2 aromatic carbocycles. The van der Waals surface area contributed by atoms with E-state index in [1.807, 2.05) is 32.9 Å². The van der Waals surface area contributed by atoms with Crippen LogP contribution in [0.1, 0.15) is 18.1 Å². The van der Waals surface area contributed by atoms with Gasteiger partial charge in [-0.25, -0.2) is 4.68 Å². The fourth-order valence-corrected chi connectivity index (χ4v) is 2.94. The van der Waals surface area contributed by atoms with Gasteiger partial charge < -0.3 is 10.1 Å². The molecule has 0 aliphatic carbocycles. The summed E-state index contributed by atoms with van der Waals surface area (Å²) in [5.74, 6) is 0.413. The molecule has 0 saturated heterocycles. The predicted molar refractivity (Wildman–Crippen MR) is 110 cm³/mol. The van der Waals surface area contributed by atoms with E-state index in [0.717, 1.165) is 22.4 Å². The molecule has 0 bridgehead atoms. The van der Waals surface area contributed by atoms with E-state index in [2.05, 4.69) is 16.5 Å². The number of nitrogens with one attached hydrogen (secondary N) is 1. The number of ether oxygens (including phenoxy) is 1. The van der Waals surface area contributed by atoms with Crippen LogP contribution in [0.3, 0.4) is 0 Å². The smallest absolute Gasteiger partial charge is 0.267 e. The van der Waals surface area contributed by atoms with Crippen LogP contribution in [0, 0.1) is 13.8 Å². The molecule has 0 unspecified atom stereocenters. The Morgan fingerprint density at radius 2 is 1.82 bits per heavy atom. The number of anilines is 1. The Balaban J connectivity index is 1.76. The lowest BCUT2D eigenvalue weighted by molar-refractivity contribution is -0.117. The number of carbonyl (C=O) groups excluding carboxylic acids is 1. The number of carbonyl (C=O) groups is 1. The highest BCUT2D eigenvalue weighted by atomic mass is 16.5. The van der Waals surface area contributed by atoms with Crippen LogP contribution in [-0.2, 0) is 11.3 Å². The molecule has 0 spiro atoms. The van der Waals surface area contributed by atoms with Gasteiger partial charge in [-0.05, 0) is 56.7 Å². The third kappa shape index (κ3) is 4.65. The second-order valence-electron chi connectivity index (χ2n) is 6.54. The van der Waals surface area contributed by atoms with Gasteiger partial charge in [0.25, 0.3) is 5.56 Å². The standard InChI is InChI=1S/C22H23N3O3/c1-4-28-18-8-6-17(7-9-18)23-21(26)14-25-22(27)12-11-20(24-25)19-10-5-15(2)13-16(19)3/h5-13H,4,14H2,1-3H3,(H,23,26). The van der Waals surface area contributed by atoms with Crippen molar-refractivity contribution in [1.82, 2.24) is 9.78 Å². The minimum Gasteiger partial charge on any atom is -0.494 e. The molecule has 0 aliphatic rings. The highest BCUT2D eigenvalue weighted by molar-refractivity contribution is 5.90. The fourth-order valence-electron chi connectivity index (χ4n) is 2.94. The molecule has 28 heavy (non-hydrogen) atoms. The van der Waals surface area contributed by atoms with E-state index in [4.69, 9.17) is 4.74 Å². The molecule has 0 aliphatic heterocycles. The fraction of sp³-hybridized carbons (Fsp3) is 0.227. The van der Waals surface area contributed by atoms with Gasteiger partial charge in [0.05, 0.1) is 12.3 Å². The maximum atomic E-state index is 12.4. The number of benzene rings is 2. The maximum Gasteiger partial charge on any atom is 0.267 e. The van der Waals surface area contributed by atoms with Crippen molar-refractivity contribution in [3.63, 3.8) is 0 Å². The van der Waals surface area contributed by atoms with Gasteiger partial charge in [0.2, 0.25) is 5.91 Å². The average molecular weight is 377 g/mol. The van der Waals surface area contributed by atoms with Crippen molar-refractivity contribution in [3.05, 3.63) is 76.1 Å². The third-order valence-electron chi connectivity index (χ3n) is 4.27. The number of hydrogen-bond donors (Lipinski definition) is 1. The minimum absolute atomic E-state index is 0.162. The normalized spacial score (nSPS) is 10.5. The molecular weight excluding hydrogens is 354 g/mol. The van der Waals surface area contributed by atoms with Crippen LogP contribution >= 0.6 is 0 Å². The van der Waals surface area contributed by atoms with Crippen LogP contribution in [0.5, 0.6) is 5.75 Å². The first-order chi connectivity index (χ1) is 13.5. The van der Waals surface area contributed by atoms with Gasteiger partial charge in [0, 0.05) is 17.3 Å². The van der Waals surface area contributed by atoms with E-state index in [1.165, 1.54) is 10.7 Å². The average Bonchev–Trinajstić information content (AvgIpc) is 2.65. The molecule has 6 heteroatoms. The largest absolute Gasteiger partial charge is 0.494 e. The Kier molecular flexibility index (Phi) is 5.89. The van der Waals surface area contributed by atoms with Crippen molar-refractivity contribution in [3.8, 4) is 17.0 Å². The molecule has 3 aromatic rings. The predicted octanol–water partition coefficient (Wildman–Crippen LogP) is 3.56. The van der Waals surface area contributed by atoms with Crippen LogP contribution in [0.2, 0.25) is 0 Å². The Morgan fingerprint density at radius 1 is 1.07 bits per heavy atom. The highest BCUT2D eigenvalue weighted by Gasteiger charge is 2.10. The summed E-state index contributed by atoms with van der Waals surface area (Å²) in [6, 6.07) is 16.2. The number of amides is 1. The van der Waals surface area contributed by atoms with Crippen molar-refractivity contribution in [2.75, 3.05) is 11.9 Å². The summed E-state index contributed by atoms with van der Waals surface area (Å²) in [6.45, 7) is 6.35. The van der Waals surface area contributed by atoms with Crippen LogP contribution in [-0.4, -0.2) is 22.3 Å². The number of rotatable bonds is 6. The molecule has 0 atom stereocenters. The number of hydrogen-bond acceptors (Lipinski definition) is 4. The van der Waals surface area contributed by atoms with Gasteiger partial charge in [-0.1, -0.05) is 23.8 Å². The van der Waals surface area contributed by atoms with Crippen molar-refractivity contribution in [2.45, 2.75) is 27.3 Å². The summed E-state index contributed by atoms with van der Waals surface area (Å²) in [5.41, 5.74) is 4.13. The van der Waals surface area contributed by atoms with Gasteiger partial charge >= 0.3 is 0 Å². The quantitative estimate of drug-likeness (QED) is 0.713. The molecule has 0 fully saturated rings. The van der Waals surface area contributed by atoms with Gasteiger partial charge in [0.1, 0.15) is 12.3 Å². The van der Waals surface area contributed by atoms with Crippen molar-refractivity contribution < 1.29 is 9.53 Å². The van der Waals surface area contributed by atoms with Crippen LogP contribution in [0.15, 0.2) is 59.4 Å². The Bertz CT molecular complexity index is 1040. The number of aromatic nitrogens is 2. The van der Waals surface area contributed by atoms with Gasteiger partial charge in [-0.15, -0.1) is 0 Å². The van der Waals surface area contributed by atoms with Gasteiger partial charge in [0.15, 0.2) is 0 Å². The SMILES string of the molecule is CCOc1ccc(NC(=O)Cn2nc(-c3ccc(C)cc3C)ccc2=O)cc1. The van der Waals surface area contributed by atoms with Crippen LogP contribution < -0.4 is 15.6 Å². The molecule has 1 aromatic heterocycles. The summed E-state index contributed by atoms with van der Waals surface area (Å²) < 4.78 is 6.56. The first-order valence-electron chi connectivity index (χ1n) is 9.15. The first-order valence-corrected chi connectivity index (χ1v) is 9.15. The highest BCUT2D eigenvalue weighted by Crippen LogP contribution is 2.21. The summed E-state index contributed by atoms with van der Waals surface area (Å²) in [5, 5.41) is 7.15. The zero-order valence-electron chi connectivity index (χ0n) is 16.2. The molecule has 6 nitrogen and oxygen atoms in total. The number of aryl methyl sites for hydroxylation is 2. The van der Waals surface area contributed by atoms with E-state index in [9.17, 15) is 9.59 Å². The number of nitrogens with zero attached hydrogens (tertiary/aromatic N) is 2. The molecule has 0 radical (unpaired) electrons. The molecular formula is C22H23N3O3. The second-order valence-corrected chi connectivity index (χ2v) is 6.54. The van der Waals surface area contributed by atoms with Crippen molar-refractivity contribution in [2.24, 2.45) is 0 Å². The topological polar surface area (TPSA) is 73.2 Å². The van der Waals surface area contributed by atoms with Crippen molar-refractivity contribution >= 4 is 11.6 Å². The van der Waals surface area contributed by atoms with Crippen LogP contribution in [0.25, 0.3) is 11.3 Å². The lowest BCUT2D eigenvalue weighted by Gasteiger charge is -2.10. The summed E-state index contributed by atoms with van der Waals surface area (Å²) >= 11 is 0.